The summed E-state index contributed by atoms with van der Waals surface area (Å²) in [6.07, 6.45) is 12.2. The molecule has 2 aromatic rings. The molecule has 22 heavy (non-hydrogen) atoms. The molecule has 0 saturated carbocycles. The topological polar surface area (TPSA) is 42.0 Å². The van der Waals surface area contributed by atoms with Crippen molar-refractivity contribution >= 4 is 22.5 Å². The number of carbonyl (C=O) groups excluding carboxylic acids is 1. The number of pyridine rings is 1. The van der Waals surface area contributed by atoms with Gasteiger partial charge in [0.1, 0.15) is 0 Å². The van der Waals surface area contributed by atoms with Crippen LogP contribution in [-0.4, -0.2) is 10.9 Å². The van der Waals surface area contributed by atoms with E-state index in [1.54, 1.807) is 6.20 Å². The van der Waals surface area contributed by atoms with Crippen LogP contribution >= 0.6 is 0 Å². The van der Waals surface area contributed by atoms with Gasteiger partial charge in [-0.3, -0.25) is 9.78 Å². The van der Waals surface area contributed by atoms with Crippen molar-refractivity contribution in [2.45, 2.75) is 45.4 Å². The molecule has 0 bridgehead atoms. The molecular formula is C19H24N2O. The summed E-state index contributed by atoms with van der Waals surface area (Å²) in [4.78, 5) is 16.4. The summed E-state index contributed by atoms with van der Waals surface area (Å²) in [6, 6.07) is 9.73. The summed E-state index contributed by atoms with van der Waals surface area (Å²) in [5.41, 5.74) is 1.63. The van der Waals surface area contributed by atoms with Crippen LogP contribution in [0.15, 0.2) is 48.7 Å². The van der Waals surface area contributed by atoms with Crippen molar-refractivity contribution in [3.63, 3.8) is 0 Å². The van der Waals surface area contributed by atoms with E-state index in [0.717, 1.165) is 29.4 Å². The van der Waals surface area contributed by atoms with Gasteiger partial charge in [0.25, 0.3) is 0 Å². The first-order chi connectivity index (χ1) is 10.8. The number of fused-ring (bicyclic) bond motifs is 1. The van der Waals surface area contributed by atoms with Crippen molar-refractivity contribution in [3.8, 4) is 0 Å². The zero-order chi connectivity index (χ0) is 15.6. The molecular weight excluding hydrogens is 272 g/mol. The molecule has 0 aliphatic carbocycles. The van der Waals surface area contributed by atoms with Crippen LogP contribution in [-0.2, 0) is 4.79 Å². The van der Waals surface area contributed by atoms with Gasteiger partial charge >= 0.3 is 0 Å². The van der Waals surface area contributed by atoms with Crippen LogP contribution < -0.4 is 5.32 Å². The fraction of sp³-hybridized carbons (Fsp3) is 0.368. The van der Waals surface area contributed by atoms with Crippen molar-refractivity contribution in [2.75, 3.05) is 5.32 Å². The minimum Gasteiger partial charge on any atom is -0.324 e. The van der Waals surface area contributed by atoms with Gasteiger partial charge in [-0.1, -0.05) is 50.1 Å². The van der Waals surface area contributed by atoms with E-state index in [2.05, 4.69) is 29.4 Å². The molecule has 0 aliphatic heterocycles. The van der Waals surface area contributed by atoms with Crippen LogP contribution in [0.25, 0.3) is 10.9 Å². The highest BCUT2D eigenvalue weighted by atomic mass is 16.1. The molecule has 1 N–H and O–H groups in total. The van der Waals surface area contributed by atoms with Crippen LogP contribution in [0.3, 0.4) is 0 Å². The largest absolute Gasteiger partial charge is 0.324 e. The van der Waals surface area contributed by atoms with Crippen molar-refractivity contribution in [2.24, 2.45) is 0 Å². The lowest BCUT2D eigenvalue weighted by atomic mass is 10.1. The first-order valence-electron chi connectivity index (χ1n) is 8.10. The number of para-hydroxylation sites is 1. The number of anilines is 1. The van der Waals surface area contributed by atoms with E-state index in [1.165, 1.54) is 19.3 Å². The number of nitrogens with one attached hydrogen (secondary N) is 1. The Kier molecular flexibility index (Phi) is 6.62. The molecule has 116 valence electrons. The average molecular weight is 296 g/mol. The molecule has 0 aliphatic rings. The highest BCUT2D eigenvalue weighted by Crippen LogP contribution is 2.20. The van der Waals surface area contributed by atoms with Crippen molar-refractivity contribution in [3.05, 3.63) is 48.7 Å². The highest BCUT2D eigenvalue weighted by molar-refractivity contribution is 6.00. The maximum absolute atomic E-state index is 12.0. The predicted molar refractivity (Wildman–Crippen MR) is 92.9 cm³/mol. The van der Waals surface area contributed by atoms with Gasteiger partial charge in [0, 0.05) is 18.0 Å². The van der Waals surface area contributed by atoms with Crippen LogP contribution in [0.5, 0.6) is 0 Å². The van der Waals surface area contributed by atoms with E-state index in [9.17, 15) is 4.79 Å². The van der Waals surface area contributed by atoms with Crippen LogP contribution in [0.2, 0.25) is 0 Å². The second kappa shape index (κ2) is 8.98. The van der Waals surface area contributed by atoms with E-state index in [1.807, 2.05) is 30.3 Å². The summed E-state index contributed by atoms with van der Waals surface area (Å²) in [5.74, 6) is 0.0383. The molecule has 0 unspecified atom stereocenters. The third kappa shape index (κ3) is 4.99. The number of allylic oxidation sites excluding steroid dienone is 2. The van der Waals surface area contributed by atoms with Crippen LogP contribution in [0.1, 0.15) is 45.4 Å². The summed E-state index contributed by atoms with van der Waals surface area (Å²) in [6.45, 7) is 2.20. The van der Waals surface area contributed by atoms with E-state index in [0.29, 0.717) is 6.42 Å². The molecule has 0 fully saturated rings. The molecule has 0 saturated heterocycles. The fourth-order valence-electron chi connectivity index (χ4n) is 2.38. The molecule has 1 aromatic carbocycles. The Morgan fingerprint density at radius 2 is 1.95 bits per heavy atom. The van der Waals surface area contributed by atoms with E-state index in [4.69, 9.17) is 0 Å². The number of rotatable bonds is 8. The van der Waals surface area contributed by atoms with Crippen LogP contribution in [0.4, 0.5) is 5.69 Å². The number of carbonyl (C=O) groups is 1. The zero-order valence-electron chi connectivity index (χ0n) is 13.2. The van der Waals surface area contributed by atoms with Gasteiger partial charge < -0.3 is 5.32 Å². The molecule has 2 rings (SSSR count). The minimum atomic E-state index is 0.0383. The Morgan fingerprint density at radius 1 is 1.14 bits per heavy atom. The molecule has 1 aromatic heterocycles. The van der Waals surface area contributed by atoms with Gasteiger partial charge in [0.15, 0.2) is 0 Å². The molecule has 1 heterocycles. The number of hydrogen-bond donors (Lipinski definition) is 1. The Hall–Kier alpha value is -2.16. The van der Waals surface area contributed by atoms with E-state index in [-0.39, 0.29) is 5.91 Å². The normalized spacial score (nSPS) is 11.1. The average Bonchev–Trinajstić information content (AvgIpc) is 2.54. The predicted octanol–water partition coefficient (Wildman–Crippen LogP) is 5.09. The van der Waals surface area contributed by atoms with Gasteiger partial charge in [-0.2, -0.15) is 0 Å². The summed E-state index contributed by atoms with van der Waals surface area (Å²) < 4.78 is 0. The lowest BCUT2D eigenvalue weighted by Crippen LogP contribution is -2.11. The second-order valence-electron chi connectivity index (χ2n) is 5.43. The van der Waals surface area contributed by atoms with Gasteiger partial charge in [-0.15, -0.1) is 0 Å². The Labute approximate surface area is 132 Å². The number of hydrogen-bond acceptors (Lipinski definition) is 2. The molecule has 0 radical (unpaired) electrons. The van der Waals surface area contributed by atoms with Crippen LogP contribution in [0, 0.1) is 0 Å². The highest BCUT2D eigenvalue weighted by Gasteiger charge is 2.05. The third-order valence-corrected chi connectivity index (χ3v) is 3.59. The quantitative estimate of drug-likeness (QED) is 0.544. The second-order valence-corrected chi connectivity index (χ2v) is 5.43. The lowest BCUT2D eigenvalue weighted by Gasteiger charge is -2.07. The Morgan fingerprint density at radius 3 is 2.82 bits per heavy atom. The van der Waals surface area contributed by atoms with Crippen molar-refractivity contribution < 1.29 is 4.79 Å². The summed E-state index contributed by atoms with van der Waals surface area (Å²) in [5, 5.41) is 4.00. The standard InChI is InChI=1S/C19H24N2O/c1-2-3-4-5-6-7-8-14-18(22)21-17-13-9-11-16-12-10-15-20-19(16)17/h6-7,9-13,15H,2-5,8,14H2,1H3,(H,21,22)/b7-6-. The monoisotopic (exact) mass is 296 g/mol. The smallest absolute Gasteiger partial charge is 0.224 e. The molecule has 3 nitrogen and oxygen atoms in total. The minimum absolute atomic E-state index is 0.0383. The molecule has 3 heteroatoms. The molecule has 0 atom stereocenters. The Bertz CT molecular complexity index is 629. The first kappa shape index (κ1) is 16.2. The van der Waals surface area contributed by atoms with Gasteiger partial charge in [0.2, 0.25) is 5.91 Å². The number of nitrogens with zero attached hydrogens (tertiary/aromatic N) is 1. The maximum atomic E-state index is 12.0. The zero-order valence-corrected chi connectivity index (χ0v) is 13.2. The fourth-order valence-corrected chi connectivity index (χ4v) is 2.38. The third-order valence-electron chi connectivity index (χ3n) is 3.59. The lowest BCUT2D eigenvalue weighted by molar-refractivity contribution is -0.116. The Balaban J connectivity index is 1.81. The molecule has 1 amide bonds. The summed E-state index contributed by atoms with van der Waals surface area (Å²) >= 11 is 0. The van der Waals surface area contributed by atoms with Gasteiger partial charge in [0.05, 0.1) is 11.2 Å². The van der Waals surface area contributed by atoms with Gasteiger partial charge in [-0.05, 0) is 31.4 Å². The SMILES string of the molecule is CCCCC/C=C\CCC(=O)Nc1cccc2cccnc12. The number of unbranched alkanes of at least 4 members (excludes halogenated alkanes) is 3. The summed E-state index contributed by atoms with van der Waals surface area (Å²) in [7, 11) is 0. The molecule has 0 spiro atoms. The first-order valence-corrected chi connectivity index (χ1v) is 8.10. The van der Waals surface area contributed by atoms with Crippen molar-refractivity contribution in [1.29, 1.82) is 0 Å². The van der Waals surface area contributed by atoms with Crippen molar-refractivity contribution in [1.82, 2.24) is 4.98 Å². The van der Waals surface area contributed by atoms with E-state index >= 15 is 0 Å². The number of aromatic nitrogens is 1. The number of benzene rings is 1. The van der Waals surface area contributed by atoms with E-state index < -0.39 is 0 Å². The maximum Gasteiger partial charge on any atom is 0.224 e. The number of amides is 1. The van der Waals surface area contributed by atoms with Gasteiger partial charge in [-0.25, -0.2) is 0 Å².